The molecule has 0 unspecified atom stereocenters. The van der Waals surface area contributed by atoms with Crippen molar-refractivity contribution < 1.29 is 14.5 Å². The first-order valence-corrected chi connectivity index (χ1v) is 6.83. The lowest BCUT2D eigenvalue weighted by Crippen LogP contribution is -2.30. The molecule has 1 saturated carbocycles. The molecule has 1 aliphatic carbocycles. The van der Waals surface area contributed by atoms with Gasteiger partial charge in [-0.15, -0.1) is 0 Å². The molecule has 108 valence electrons. The van der Waals surface area contributed by atoms with E-state index >= 15 is 0 Å². The maximum absolute atomic E-state index is 12.0. The molecule has 1 aromatic rings. The van der Waals surface area contributed by atoms with Crippen LogP contribution < -0.4 is 0 Å². The first kappa shape index (κ1) is 14.5. The average Bonchev–Trinajstić information content (AvgIpc) is 2.37. The van der Waals surface area contributed by atoms with E-state index in [0.717, 1.165) is 25.7 Å². The lowest BCUT2D eigenvalue weighted by Gasteiger charge is -2.34. The molecule has 0 saturated heterocycles. The third-order valence-corrected chi connectivity index (χ3v) is 3.75. The highest BCUT2D eigenvalue weighted by atomic mass is 16.6. The number of esters is 1. The fourth-order valence-corrected chi connectivity index (χ4v) is 2.67. The van der Waals surface area contributed by atoms with Crippen LogP contribution in [0.4, 0.5) is 5.69 Å². The Morgan fingerprint density at radius 3 is 2.55 bits per heavy atom. The molecule has 1 fully saturated rings. The topological polar surface area (TPSA) is 69.4 Å². The quantitative estimate of drug-likeness (QED) is 0.479. The second kappa shape index (κ2) is 5.61. The van der Waals surface area contributed by atoms with Gasteiger partial charge in [0, 0.05) is 12.1 Å². The van der Waals surface area contributed by atoms with Gasteiger partial charge in [0.2, 0.25) is 0 Å². The van der Waals surface area contributed by atoms with Gasteiger partial charge in [-0.2, -0.15) is 0 Å². The predicted octanol–water partition coefficient (Wildman–Crippen LogP) is 3.72. The number of ether oxygens (including phenoxy) is 1. The molecular weight excluding hydrogens is 258 g/mol. The highest BCUT2D eigenvalue weighted by Crippen LogP contribution is 2.36. The standard InChI is InChI=1S/C15H19NO4/c1-15(2)9-3-4-13(10-15)20-14(17)11-5-7-12(8-6-11)16(18)19/h5-8,13H,3-4,9-10H2,1-2H3/t13-/m0/s1. The maximum atomic E-state index is 12.0. The van der Waals surface area contributed by atoms with Gasteiger partial charge in [0.1, 0.15) is 6.10 Å². The number of non-ortho nitro benzene ring substituents is 1. The zero-order chi connectivity index (χ0) is 14.8. The summed E-state index contributed by atoms with van der Waals surface area (Å²) in [6.45, 7) is 4.36. The molecule has 1 aromatic carbocycles. The lowest BCUT2D eigenvalue weighted by atomic mass is 9.76. The molecule has 0 aliphatic heterocycles. The number of carbonyl (C=O) groups is 1. The largest absolute Gasteiger partial charge is 0.459 e. The third kappa shape index (κ3) is 3.56. The minimum Gasteiger partial charge on any atom is -0.459 e. The monoisotopic (exact) mass is 277 g/mol. The Balaban J connectivity index is 1.99. The molecule has 1 aliphatic rings. The van der Waals surface area contributed by atoms with Crippen molar-refractivity contribution in [3.63, 3.8) is 0 Å². The van der Waals surface area contributed by atoms with Gasteiger partial charge in [-0.3, -0.25) is 10.1 Å². The van der Waals surface area contributed by atoms with E-state index in [4.69, 9.17) is 4.74 Å². The van der Waals surface area contributed by atoms with E-state index in [0.29, 0.717) is 5.56 Å². The summed E-state index contributed by atoms with van der Waals surface area (Å²) in [5, 5.41) is 10.6. The Kier molecular flexibility index (Phi) is 4.06. The summed E-state index contributed by atoms with van der Waals surface area (Å²) >= 11 is 0. The van der Waals surface area contributed by atoms with Crippen molar-refractivity contribution in [1.82, 2.24) is 0 Å². The van der Waals surface area contributed by atoms with E-state index in [2.05, 4.69) is 13.8 Å². The summed E-state index contributed by atoms with van der Waals surface area (Å²) in [4.78, 5) is 22.1. The average molecular weight is 277 g/mol. The molecule has 0 amide bonds. The Morgan fingerprint density at radius 1 is 1.35 bits per heavy atom. The molecule has 2 rings (SSSR count). The Labute approximate surface area is 118 Å². The van der Waals surface area contributed by atoms with E-state index in [-0.39, 0.29) is 17.2 Å². The third-order valence-electron chi connectivity index (χ3n) is 3.75. The normalized spacial score (nSPS) is 21.2. The van der Waals surface area contributed by atoms with Crippen LogP contribution in [0.2, 0.25) is 0 Å². The van der Waals surface area contributed by atoms with Crippen molar-refractivity contribution in [2.24, 2.45) is 5.41 Å². The molecule has 0 radical (unpaired) electrons. The molecule has 20 heavy (non-hydrogen) atoms. The summed E-state index contributed by atoms with van der Waals surface area (Å²) in [7, 11) is 0. The van der Waals surface area contributed by atoms with Crippen LogP contribution in [-0.4, -0.2) is 17.0 Å². The number of hydrogen-bond acceptors (Lipinski definition) is 4. The van der Waals surface area contributed by atoms with Gasteiger partial charge < -0.3 is 4.74 Å². The minimum absolute atomic E-state index is 0.0275. The summed E-state index contributed by atoms with van der Waals surface area (Å²) in [5.41, 5.74) is 0.540. The highest BCUT2D eigenvalue weighted by molar-refractivity contribution is 5.89. The zero-order valence-electron chi connectivity index (χ0n) is 11.8. The van der Waals surface area contributed by atoms with Crippen molar-refractivity contribution in [3.05, 3.63) is 39.9 Å². The number of nitro groups is 1. The number of carbonyl (C=O) groups excluding carboxylic acids is 1. The maximum Gasteiger partial charge on any atom is 0.338 e. The molecule has 5 heteroatoms. The van der Waals surface area contributed by atoms with E-state index < -0.39 is 10.9 Å². The van der Waals surface area contributed by atoms with Crippen LogP contribution in [0.25, 0.3) is 0 Å². The van der Waals surface area contributed by atoms with Crippen LogP contribution in [0.3, 0.4) is 0 Å². The van der Waals surface area contributed by atoms with Crippen molar-refractivity contribution in [3.8, 4) is 0 Å². The SMILES string of the molecule is CC1(C)CCC[C@H](OC(=O)c2ccc([N+](=O)[O-])cc2)C1. The van der Waals surface area contributed by atoms with Gasteiger partial charge >= 0.3 is 5.97 Å². The number of hydrogen-bond donors (Lipinski definition) is 0. The number of rotatable bonds is 3. The molecular formula is C15H19NO4. The number of nitrogens with zero attached hydrogens (tertiary/aromatic N) is 1. The molecule has 0 spiro atoms. The first-order chi connectivity index (χ1) is 9.37. The van der Waals surface area contributed by atoms with Crippen LogP contribution in [0.1, 0.15) is 49.9 Å². The smallest absolute Gasteiger partial charge is 0.338 e. The molecule has 0 N–H and O–H groups in total. The molecule has 0 aromatic heterocycles. The fourth-order valence-electron chi connectivity index (χ4n) is 2.67. The molecule has 0 bridgehead atoms. The fraction of sp³-hybridized carbons (Fsp3) is 0.533. The lowest BCUT2D eigenvalue weighted by molar-refractivity contribution is -0.384. The van der Waals surface area contributed by atoms with Crippen LogP contribution in [0.5, 0.6) is 0 Å². The van der Waals surface area contributed by atoms with Gasteiger partial charge in [0.15, 0.2) is 0 Å². The molecule has 5 nitrogen and oxygen atoms in total. The molecule has 0 heterocycles. The van der Waals surface area contributed by atoms with Crippen molar-refractivity contribution in [1.29, 1.82) is 0 Å². The van der Waals surface area contributed by atoms with E-state index in [1.54, 1.807) is 0 Å². The van der Waals surface area contributed by atoms with Crippen molar-refractivity contribution >= 4 is 11.7 Å². The van der Waals surface area contributed by atoms with E-state index in [1.165, 1.54) is 24.3 Å². The van der Waals surface area contributed by atoms with E-state index in [9.17, 15) is 14.9 Å². The molecule has 1 atom stereocenters. The van der Waals surface area contributed by atoms with Gasteiger partial charge in [0.05, 0.1) is 10.5 Å². The Bertz CT molecular complexity index is 507. The van der Waals surface area contributed by atoms with Crippen molar-refractivity contribution in [2.75, 3.05) is 0 Å². The van der Waals surface area contributed by atoms with Gasteiger partial charge in [-0.1, -0.05) is 13.8 Å². The van der Waals surface area contributed by atoms with Crippen LogP contribution >= 0.6 is 0 Å². The second-order valence-corrected chi connectivity index (χ2v) is 6.09. The van der Waals surface area contributed by atoms with Gasteiger partial charge in [-0.25, -0.2) is 4.79 Å². The zero-order valence-corrected chi connectivity index (χ0v) is 11.8. The van der Waals surface area contributed by atoms with Gasteiger partial charge in [0.25, 0.3) is 5.69 Å². The first-order valence-electron chi connectivity index (χ1n) is 6.83. The van der Waals surface area contributed by atoms with Crippen LogP contribution in [0, 0.1) is 15.5 Å². The summed E-state index contributed by atoms with van der Waals surface area (Å²) < 4.78 is 5.50. The Hall–Kier alpha value is -1.91. The number of benzene rings is 1. The van der Waals surface area contributed by atoms with Crippen LogP contribution in [-0.2, 0) is 4.74 Å². The van der Waals surface area contributed by atoms with Crippen molar-refractivity contribution in [2.45, 2.75) is 45.6 Å². The highest BCUT2D eigenvalue weighted by Gasteiger charge is 2.30. The van der Waals surface area contributed by atoms with Gasteiger partial charge in [-0.05, 0) is 43.2 Å². The minimum atomic E-state index is -0.487. The summed E-state index contributed by atoms with van der Waals surface area (Å²) in [5.74, 6) is -0.400. The van der Waals surface area contributed by atoms with E-state index in [1.807, 2.05) is 0 Å². The number of nitro benzene ring substituents is 1. The second-order valence-electron chi connectivity index (χ2n) is 6.09. The Morgan fingerprint density at radius 2 is 2.00 bits per heavy atom. The summed E-state index contributed by atoms with van der Waals surface area (Å²) in [6, 6.07) is 5.52. The predicted molar refractivity (Wildman–Crippen MR) is 74.5 cm³/mol. The summed E-state index contributed by atoms with van der Waals surface area (Å²) in [6.07, 6.45) is 3.92. The van der Waals surface area contributed by atoms with Crippen LogP contribution in [0.15, 0.2) is 24.3 Å².